The van der Waals surface area contributed by atoms with Crippen LogP contribution in [0.1, 0.15) is 26.7 Å². The van der Waals surface area contributed by atoms with Gasteiger partial charge >= 0.3 is 0 Å². The molecule has 1 atom stereocenters. The van der Waals surface area contributed by atoms with Gasteiger partial charge in [0.25, 0.3) is 5.95 Å². The summed E-state index contributed by atoms with van der Waals surface area (Å²) in [5.41, 5.74) is 5.37. The van der Waals surface area contributed by atoms with Crippen molar-refractivity contribution in [1.82, 2.24) is 29.7 Å². The van der Waals surface area contributed by atoms with Crippen LogP contribution >= 0.6 is 0 Å². The van der Waals surface area contributed by atoms with Crippen LogP contribution in [0, 0.1) is 0 Å². The summed E-state index contributed by atoms with van der Waals surface area (Å²) >= 11 is 0. The summed E-state index contributed by atoms with van der Waals surface area (Å²) in [5.74, 6) is 0.733. The second-order valence-electron chi connectivity index (χ2n) is 4.67. The van der Waals surface area contributed by atoms with E-state index >= 15 is 0 Å². The summed E-state index contributed by atoms with van der Waals surface area (Å²) in [4.78, 5) is 16.2. The highest BCUT2D eigenvalue weighted by Gasteiger charge is 2.23. The molecular formula is C11H18N8O. The third-order valence-corrected chi connectivity index (χ3v) is 3.12. The van der Waals surface area contributed by atoms with Crippen LogP contribution in [0.25, 0.3) is 5.95 Å². The Morgan fingerprint density at radius 2 is 2.20 bits per heavy atom. The van der Waals surface area contributed by atoms with E-state index in [0.29, 0.717) is 18.3 Å². The van der Waals surface area contributed by atoms with E-state index in [9.17, 15) is 0 Å². The monoisotopic (exact) mass is 278 g/mol. The molecule has 4 N–H and O–H groups in total. The molecule has 108 valence electrons. The molecule has 1 unspecified atom stereocenters. The van der Waals surface area contributed by atoms with Gasteiger partial charge in [-0.3, -0.25) is 0 Å². The third kappa shape index (κ3) is 3.18. The average molecular weight is 278 g/mol. The fourth-order valence-electron chi connectivity index (χ4n) is 1.69. The minimum atomic E-state index is -0.317. The van der Waals surface area contributed by atoms with Gasteiger partial charge in [0.2, 0.25) is 11.9 Å². The number of aromatic nitrogens is 6. The normalized spacial score (nSPS) is 13.9. The Labute approximate surface area is 116 Å². The van der Waals surface area contributed by atoms with Crippen molar-refractivity contribution in [3.8, 4) is 5.95 Å². The van der Waals surface area contributed by atoms with Crippen molar-refractivity contribution in [1.29, 1.82) is 0 Å². The Morgan fingerprint density at radius 1 is 1.40 bits per heavy atom. The van der Waals surface area contributed by atoms with Gasteiger partial charge in [0.1, 0.15) is 12.7 Å². The average Bonchev–Trinajstić information content (AvgIpc) is 2.92. The summed E-state index contributed by atoms with van der Waals surface area (Å²) in [6, 6.07) is 0. The zero-order valence-corrected chi connectivity index (χ0v) is 11.5. The van der Waals surface area contributed by atoms with E-state index in [0.717, 1.165) is 6.42 Å². The number of aliphatic hydroxyl groups is 1. The number of rotatable bonds is 6. The van der Waals surface area contributed by atoms with Gasteiger partial charge < -0.3 is 16.2 Å². The molecule has 0 aliphatic heterocycles. The number of nitrogens with zero attached hydrogens (tertiary/aromatic N) is 6. The molecule has 2 rings (SSSR count). The van der Waals surface area contributed by atoms with Crippen LogP contribution in [0.3, 0.4) is 0 Å². The van der Waals surface area contributed by atoms with E-state index in [1.54, 1.807) is 0 Å². The molecule has 0 radical (unpaired) electrons. The van der Waals surface area contributed by atoms with Crippen molar-refractivity contribution in [3.05, 3.63) is 12.7 Å². The van der Waals surface area contributed by atoms with Crippen molar-refractivity contribution >= 4 is 11.9 Å². The van der Waals surface area contributed by atoms with Gasteiger partial charge in [-0.2, -0.15) is 24.7 Å². The van der Waals surface area contributed by atoms with E-state index in [4.69, 9.17) is 10.8 Å². The first kappa shape index (κ1) is 14.1. The first-order valence-electron chi connectivity index (χ1n) is 6.32. The molecule has 0 aromatic carbocycles. The number of aliphatic hydroxyl groups excluding tert-OH is 1. The van der Waals surface area contributed by atoms with Gasteiger partial charge in [-0.25, -0.2) is 4.98 Å². The van der Waals surface area contributed by atoms with Crippen LogP contribution in [-0.2, 0) is 0 Å². The molecule has 2 aromatic rings. The molecule has 0 amide bonds. The van der Waals surface area contributed by atoms with Crippen molar-refractivity contribution in [2.24, 2.45) is 0 Å². The minimum Gasteiger partial charge on any atom is -0.396 e. The number of nitrogens with one attached hydrogen (secondary N) is 1. The lowest BCUT2D eigenvalue weighted by molar-refractivity contribution is 0.251. The zero-order valence-electron chi connectivity index (χ0n) is 11.5. The maximum atomic E-state index is 9.13. The topological polar surface area (TPSA) is 128 Å². The predicted octanol–water partition coefficient (Wildman–Crippen LogP) is -0.00250. The fourth-order valence-corrected chi connectivity index (χ4v) is 1.69. The van der Waals surface area contributed by atoms with Gasteiger partial charge in [-0.05, 0) is 19.8 Å². The molecule has 0 aliphatic rings. The molecule has 0 saturated heterocycles. The highest BCUT2D eigenvalue weighted by Crippen LogP contribution is 2.20. The molecular weight excluding hydrogens is 260 g/mol. The summed E-state index contributed by atoms with van der Waals surface area (Å²) in [6.45, 7) is 4.08. The largest absolute Gasteiger partial charge is 0.396 e. The molecule has 9 heteroatoms. The van der Waals surface area contributed by atoms with Gasteiger partial charge in [0.15, 0.2) is 0 Å². The van der Waals surface area contributed by atoms with Crippen molar-refractivity contribution in [2.75, 3.05) is 17.7 Å². The van der Waals surface area contributed by atoms with Gasteiger partial charge in [0.05, 0.1) is 0 Å². The third-order valence-electron chi connectivity index (χ3n) is 3.12. The summed E-state index contributed by atoms with van der Waals surface area (Å²) in [6.07, 6.45) is 4.24. The molecule has 2 aromatic heterocycles. The van der Waals surface area contributed by atoms with Crippen LogP contribution in [0.2, 0.25) is 0 Å². The van der Waals surface area contributed by atoms with Gasteiger partial charge in [-0.15, -0.1) is 0 Å². The first-order chi connectivity index (χ1) is 9.56. The number of nitrogen functional groups attached to an aromatic ring is 1. The van der Waals surface area contributed by atoms with E-state index in [1.165, 1.54) is 17.3 Å². The lowest BCUT2D eigenvalue weighted by Crippen LogP contribution is -2.36. The smallest absolute Gasteiger partial charge is 0.258 e. The highest BCUT2D eigenvalue weighted by molar-refractivity contribution is 5.36. The Kier molecular flexibility index (Phi) is 4.08. The van der Waals surface area contributed by atoms with Gasteiger partial charge in [0, 0.05) is 12.1 Å². The minimum absolute atomic E-state index is 0.0772. The van der Waals surface area contributed by atoms with Crippen LogP contribution in [0.15, 0.2) is 12.7 Å². The predicted molar refractivity (Wildman–Crippen MR) is 73.2 cm³/mol. The van der Waals surface area contributed by atoms with Crippen LogP contribution in [-0.4, -0.2) is 47.0 Å². The number of hydrogen-bond acceptors (Lipinski definition) is 8. The van der Waals surface area contributed by atoms with Crippen molar-refractivity contribution < 1.29 is 5.11 Å². The van der Waals surface area contributed by atoms with E-state index in [2.05, 4.69) is 30.4 Å². The van der Waals surface area contributed by atoms with E-state index < -0.39 is 0 Å². The zero-order chi connectivity index (χ0) is 14.6. The van der Waals surface area contributed by atoms with Crippen molar-refractivity contribution in [3.63, 3.8) is 0 Å². The second kappa shape index (κ2) is 5.78. The maximum absolute atomic E-state index is 9.13. The van der Waals surface area contributed by atoms with E-state index in [-0.39, 0.29) is 18.1 Å². The molecule has 20 heavy (non-hydrogen) atoms. The molecule has 0 fully saturated rings. The molecule has 2 heterocycles. The Morgan fingerprint density at radius 3 is 2.80 bits per heavy atom. The van der Waals surface area contributed by atoms with Crippen molar-refractivity contribution in [2.45, 2.75) is 32.2 Å². The lowest BCUT2D eigenvalue weighted by atomic mass is 9.95. The summed E-state index contributed by atoms with van der Waals surface area (Å²) < 4.78 is 1.40. The number of nitrogens with two attached hydrogens (primary N) is 1. The SMILES string of the molecule is CCC(C)(CCO)Nc1nc(N)nc(-n2cncn2)n1. The molecule has 0 saturated carbocycles. The maximum Gasteiger partial charge on any atom is 0.258 e. The molecule has 0 aliphatic carbocycles. The Bertz CT molecular complexity index is 558. The number of anilines is 2. The molecule has 0 bridgehead atoms. The quantitative estimate of drug-likeness (QED) is 0.673. The van der Waals surface area contributed by atoms with Crippen LogP contribution < -0.4 is 11.1 Å². The number of hydrogen-bond donors (Lipinski definition) is 3. The standard InChI is InChI=1S/C11H18N8O/c1-3-11(2,4-5-20)18-9-15-8(12)16-10(17-9)19-7-13-6-14-19/h6-7,20H,3-5H2,1-2H3,(H3,12,15,16,17,18). The summed E-state index contributed by atoms with van der Waals surface area (Å²) in [7, 11) is 0. The highest BCUT2D eigenvalue weighted by atomic mass is 16.3. The van der Waals surface area contributed by atoms with Crippen LogP contribution in [0.4, 0.5) is 11.9 Å². The Balaban J connectivity index is 2.28. The lowest BCUT2D eigenvalue weighted by Gasteiger charge is -2.28. The van der Waals surface area contributed by atoms with Crippen LogP contribution in [0.5, 0.6) is 0 Å². The fraction of sp³-hybridized carbons (Fsp3) is 0.545. The van der Waals surface area contributed by atoms with Gasteiger partial charge in [-0.1, -0.05) is 6.92 Å². The second-order valence-corrected chi connectivity index (χ2v) is 4.67. The molecule has 0 spiro atoms. The van der Waals surface area contributed by atoms with E-state index in [1.807, 2.05) is 13.8 Å². The molecule has 9 nitrogen and oxygen atoms in total. The Hall–Kier alpha value is -2.29. The summed E-state index contributed by atoms with van der Waals surface area (Å²) in [5, 5.41) is 16.3. The first-order valence-corrected chi connectivity index (χ1v) is 6.32.